The lowest BCUT2D eigenvalue weighted by molar-refractivity contribution is -0.154. The molecule has 0 bridgehead atoms. The van der Waals surface area contributed by atoms with Gasteiger partial charge in [0.05, 0.1) is 26.1 Å². The zero-order valence-corrected chi connectivity index (χ0v) is 9.39. The van der Waals surface area contributed by atoms with Gasteiger partial charge in [0, 0.05) is 6.20 Å². The number of carbonyl (C=O) groups excluding carboxylic acids is 2. The minimum Gasteiger partial charge on any atom is -0.468 e. The van der Waals surface area contributed by atoms with Crippen molar-refractivity contribution >= 4 is 23.5 Å². The van der Waals surface area contributed by atoms with Gasteiger partial charge in [0.25, 0.3) is 0 Å². The summed E-state index contributed by atoms with van der Waals surface area (Å²) in [6.07, 6.45) is 2.54. The molecule has 0 aliphatic carbocycles. The lowest BCUT2D eigenvalue weighted by Gasteiger charge is -2.11. The molecule has 16 heavy (non-hydrogen) atoms. The first kappa shape index (κ1) is 12.4. The molecule has 0 amide bonds. The Labute approximate surface area is 96.5 Å². The zero-order chi connectivity index (χ0) is 12.1. The predicted octanol–water partition coefficient (Wildman–Crippen LogP) is 0.560. The van der Waals surface area contributed by atoms with Crippen LogP contribution in [0.5, 0.6) is 0 Å². The van der Waals surface area contributed by atoms with Gasteiger partial charge in [-0.1, -0.05) is 11.6 Å². The lowest BCUT2D eigenvalue weighted by atomic mass is 10.1. The molecule has 0 unspecified atom stereocenters. The maximum Gasteiger partial charge on any atom is 0.326 e. The first-order chi connectivity index (χ1) is 7.60. The van der Waals surface area contributed by atoms with E-state index in [0.717, 1.165) is 14.2 Å². The molecule has 6 nitrogen and oxygen atoms in total. The van der Waals surface area contributed by atoms with Gasteiger partial charge >= 0.3 is 11.9 Å². The number of carbonyl (C=O) groups is 2. The fourth-order valence-electron chi connectivity index (χ4n) is 1.07. The number of methoxy groups -OCH3 is 2. The van der Waals surface area contributed by atoms with Gasteiger partial charge in [0.2, 0.25) is 0 Å². The Balaban J connectivity index is 3.10. The molecule has 0 saturated carbocycles. The number of aromatic nitrogens is 2. The van der Waals surface area contributed by atoms with E-state index in [9.17, 15) is 9.59 Å². The Bertz CT molecular complexity index is 394. The van der Waals surface area contributed by atoms with Crippen LogP contribution in [0.3, 0.4) is 0 Å². The summed E-state index contributed by atoms with van der Waals surface area (Å²) in [6, 6.07) is 0. The summed E-state index contributed by atoms with van der Waals surface area (Å²) < 4.78 is 8.96. The minimum atomic E-state index is -1.26. The smallest absolute Gasteiger partial charge is 0.326 e. The third-order valence-electron chi connectivity index (χ3n) is 1.79. The van der Waals surface area contributed by atoms with Gasteiger partial charge in [0.1, 0.15) is 5.15 Å². The van der Waals surface area contributed by atoms with E-state index in [-0.39, 0.29) is 10.8 Å². The Morgan fingerprint density at radius 3 is 2.25 bits per heavy atom. The highest BCUT2D eigenvalue weighted by atomic mass is 35.5. The number of halogens is 1. The van der Waals surface area contributed by atoms with Crippen LogP contribution in [0.25, 0.3) is 0 Å². The highest BCUT2D eigenvalue weighted by Crippen LogP contribution is 2.17. The first-order valence-corrected chi connectivity index (χ1v) is 4.61. The summed E-state index contributed by atoms with van der Waals surface area (Å²) >= 11 is 5.61. The minimum absolute atomic E-state index is 0.0790. The third-order valence-corrected chi connectivity index (χ3v) is 1.98. The summed E-state index contributed by atoms with van der Waals surface area (Å²) in [4.78, 5) is 30.3. The molecule has 1 heterocycles. The Morgan fingerprint density at radius 1 is 1.25 bits per heavy atom. The maximum atomic E-state index is 11.4. The summed E-state index contributed by atoms with van der Waals surface area (Å²) in [6.45, 7) is 0. The van der Waals surface area contributed by atoms with Gasteiger partial charge in [-0.25, -0.2) is 4.98 Å². The topological polar surface area (TPSA) is 78.4 Å². The van der Waals surface area contributed by atoms with Crippen LogP contribution < -0.4 is 0 Å². The molecule has 0 aromatic carbocycles. The molecule has 86 valence electrons. The SMILES string of the molecule is COC(=O)C(C(=O)OC)c1cncc(Cl)n1. The first-order valence-electron chi connectivity index (χ1n) is 4.23. The Kier molecular flexibility index (Phi) is 4.19. The number of hydrogen-bond acceptors (Lipinski definition) is 6. The summed E-state index contributed by atoms with van der Waals surface area (Å²) in [7, 11) is 2.33. The van der Waals surface area contributed by atoms with Crippen molar-refractivity contribution in [3.63, 3.8) is 0 Å². The lowest BCUT2D eigenvalue weighted by Crippen LogP contribution is -2.25. The van der Waals surface area contributed by atoms with Crippen LogP contribution in [-0.4, -0.2) is 36.1 Å². The van der Waals surface area contributed by atoms with Crippen molar-refractivity contribution < 1.29 is 19.1 Å². The summed E-state index contributed by atoms with van der Waals surface area (Å²) in [5.41, 5.74) is 0.0891. The van der Waals surface area contributed by atoms with Crippen LogP contribution >= 0.6 is 11.6 Å². The van der Waals surface area contributed by atoms with Gasteiger partial charge < -0.3 is 9.47 Å². The molecular formula is C9H9ClN2O4. The van der Waals surface area contributed by atoms with E-state index >= 15 is 0 Å². The van der Waals surface area contributed by atoms with Crippen molar-refractivity contribution in [2.75, 3.05) is 14.2 Å². The van der Waals surface area contributed by atoms with Gasteiger partial charge in [-0.15, -0.1) is 0 Å². The highest BCUT2D eigenvalue weighted by molar-refractivity contribution is 6.29. The molecule has 0 fully saturated rings. The van der Waals surface area contributed by atoms with Crippen LogP contribution in [0.2, 0.25) is 5.15 Å². The molecule has 1 rings (SSSR count). The maximum absolute atomic E-state index is 11.4. The number of esters is 2. The van der Waals surface area contributed by atoms with Crippen molar-refractivity contribution in [2.24, 2.45) is 0 Å². The molecule has 7 heteroatoms. The van der Waals surface area contributed by atoms with Crippen LogP contribution in [0.1, 0.15) is 11.6 Å². The van der Waals surface area contributed by atoms with E-state index in [1.807, 2.05) is 0 Å². The fourth-order valence-corrected chi connectivity index (χ4v) is 1.22. The monoisotopic (exact) mass is 244 g/mol. The van der Waals surface area contributed by atoms with Crippen LogP contribution in [0.4, 0.5) is 0 Å². The fraction of sp³-hybridized carbons (Fsp3) is 0.333. The van der Waals surface area contributed by atoms with Gasteiger partial charge in [-0.3, -0.25) is 14.6 Å². The van der Waals surface area contributed by atoms with Gasteiger partial charge in [-0.2, -0.15) is 0 Å². The highest BCUT2D eigenvalue weighted by Gasteiger charge is 2.32. The van der Waals surface area contributed by atoms with Crippen molar-refractivity contribution in [1.29, 1.82) is 0 Å². The molecule has 0 aliphatic heterocycles. The number of hydrogen-bond donors (Lipinski definition) is 0. The van der Waals surface area contributed by atoms with Crippen LogP contribution in [0, 0.1) is 0 Å². The molecule has 1 aromatic rings. The molecule has 0 saturated heterocycles. The van der Waals surface area contributed by atoms with E-state index in [0.29, 0.717) is 0 Å². The molecule has 0 atom stereocenters. The quantitative estimate of drug-likeness (QED) is 0.571. The molecule has 1 aromatic heterocycles. The van der Waals surface area contributed by atoms with E-state index < -0.39 is 17.9 Å². The largest absolute Gasteiger partial charge is 0.468 e. The molecule has 0 aliphatic rings. The standard InChI is InChI=1S/C9H9ClN2O4/c1-15-8(13)7(9(14)16-2)5-3-11-4-6(10)12-5/h3-4,7H,1-2H3. The number of rotatable bonds is 3. The average Bonchev–Trinajstić information content (AvgIpc) is 2.29. The van der Waals surface area contributed by atoms with Crippen molar-refractivity contribution in [3.05, 3.63) is 23.2 Å². The molecule has 0 radical (unpaired) electrons. The number of nitrogens with zero attached hydrogens (tertiary/aromatic N) is 2. The van der Waals surface area contributed by atoms with Crippen molar-refractivity contribution in [3.8, 4) is 0 Å². The predicted molar refractivity (Wildman–Crippen MR) is 53.8 cm³/mol. The van der Waals surface area contributed by atoms with Crippen LogP contribution in [-0.2, 0) is 19.1 Å². The second-order valence-electron chi connectivity index (χ2n) is 2.75. The summed E-state index contributed by atoms with van der Waals surface area (Å²) in [5.74, 6) is -2.81. The van der Waals surface area contributed by atoms with E-state index in [2.05, 4.69) is 19.4 Å². The normalized spacial score (nSPS) is 10.0. The van der Waals surface area contributed by atoms with Crippen molar-refractivity contribution in [2.45, 2.75) is 5.92 Å². The summed E-state index contributed by atoms with van der Waals surface area (Å²) in [5, 5.41) is 0.0790. The van der Waals surface area contributed by atoms with Gasteiger partial charge in [0.15, 0.2) is 5.92 Å². The van der Waals surface area contributed by atoms with Gasteiger partial charge in [-0.05, 0) is 0 Å². The van der Waals surface area contributed by atoms with Crippen molar-refractivity contribution in [1.82, 2.24) is 9.97 Å². The second kappa shape index (κ2) is 5.41. The number of ether oxygens (including phenoxy) is 2. The van der Waals surface area contributed by atoms with E-state index in [1.165, 1.54) is 12.4 Å². The molecular weight excluding hydrogens is 236 g/mol. The Morgan fingerprint density at radius 2 is 1.81 bits per heavy atom. The zero-order valence-electron chi connectivity index (χ0n) is 8.64. The molecule has 0 spiro atoms. The molecule has 0 N–H and O–H groups in total. The van der Waals surface area contributed by atoms with E-state index in [1.54, 1.807) is 0 Å². The second-order valence-corrected chi connectivity index (χ2v) is 3.13. The van der Waals surface area contributed by atoms with E-state index in [4.69, 9.17) is 11.6 Å². The average molecular weight is 245 g/mol. The van der Waals surface area contributed by atoms with Crippen LogP contribution in [0.15, 0.2) is 12.4 Å². The third kappa shape index (κ3) is 2.66. The Hall–Kier alpha value is -1.69.